The van der Waals surface area contributed by atoms with Crippen LogP contribution in [0.4, 0.5) is 14.7 Å². The lowest BCUT2D eigenvalue weighted by Gasteiger charge is -2.32. The molecule has 4 aromatic rings. The maximum Gasteiger partial charge on any atom is 0.303 e. The van der Waals surface area contributed by atoms with Crippen molar-refractivity contribution in [2.45, 2.75) is 32.1 Å². The number of fused-ring (bicyclic) bond motifs is 1. The van der Waals surface area contributed by atoms with E-state index in [4.69, 9.17) is 5.11 Å². The molecule has 1 saturated heterocycles. The summed E-state index contributed by atoms with van der Waals surface area (Å²) in [7, 11) is 0. The van der Waals surface area contributed by atoms with Crippen LogP contribution >= 0.6 is 0 Å². The van der Waals surface area contributed by atoms with E-state index in [9.17, 15) is 13.6 Å². The Kier molecular flexibility index (Phi) is 6.69. The topological polar surface area (TPSA) is 95.0 Å². The average Bonchev–Trinajstić information content (AvgIpc) is 3.32. The van der Waals surface area contributed by atoms with Crippen LogP contribution in [0.2, 0.25) is 0 Å². The molecule has 0 aliphatic carbocycles. The molecule has 1 aliphatic rings. The Bertz CT molecular complexity index is 1430. The third kappa shape index (κ3) is 5.35. The van der Waals surface area contributed by atoms with Crippen LogP contribution in [0.1, 0.15) is 31.7 Å². The van der Waals surface area contributed by atoms with Gasteiger partial charge >= 0.3 is 5.97 Å². The summed E-state index contributed by atoms with van der Waals surface area (Å²) in [5.74, 6) is -2.50. The van der Waals surface area contributed by atoms with Crippen molar-refractivity contribution in [3.8, 4) is 22.5 Å². The van der Waals surface area contributed by atoms with Gasteiger partial charge in [-0.2, -0.15) is 8.78 Å². The molecule has 2 aromatic heterocycles. The number of allylic oxidation sites excluding steroid dienone is 2. The van der Waals surface area contributed by atoms with Crippen LogP contribution in [0, 0.1) is 5.92 Å². The number of H-pyrrole nitrogens is 1. The number of rotatable bonds is 7. The van der Waals surface area contributed by atoms with E-state index in [0.717, 1.165) is 42.2 Å². The van der Waals surface area contributed by atoms with Crippen molar-refractivity contribution in [3.63, 3.8) is 0 Å². The average molecular weight is 504 g/mol. The molecule has 0 spiro atoms. The number of anilines is 1. The molecule has 1 unspecified atom stereocenters. The van der Waals surface area contributed by atoms with Gasteiger partial charge < -0.3 is 15.0 Å². The summed E-state index contributed by atoms with van der Waals surface area (Å²) in [6, 6.07) is 12.1. The molecule has 2 N–H and O–H groups in total. The van der Waals surface area contributed by atoms with Gasteiger partial charge in [-0.1, -0.05) is 36.4 Å². The van der Waals surface area contributed by atoms with E-state index >= 15 is 0 Å². The van der Waals surface area contributed by atoms with Crippen molar-refractivity contribution in [2.75, 3.05) is 18.0 Å². The van der Waals surface area contributed by atoms with Gasteiger partial charge in [-0.3, -0.25) is 4.79 Å². The Hall–Kier alpha value is -4.14. The predicted octanol–water partition coefficient (Wildman–Crippen LogP) is 6.05. The number of aliphatic carboxylic acids is 1. The zero-order valence-corrected chi connectivity index (χ0v) is 20.4. The minimum Gasteiger partial charge on any atom is -0.481 e. The van der Waals surface area contributed by atoms with Gasteiger partial charge in [0.2, 0.25) is 5.95 Å². The molecule has 3 heterocycles. The van der Waals surface area contributed by atoms with Crippen LogP contribution in [0.15, 0.2) is 67.0 Å². The quantitative estimate of drug-likeness (QED) is 0.298. The summed E-state index contributed by atoms with van der Waals surface area (Å²) in [5.41, 5.74) is 3.70. The molecule has 7 nitrogen and oxygen atoms in total. The summed E-state index contributed by atoms with van der Waals surface area (Å²) < 4.78 is 28.5. The van der Waals surface area contributed by atoms with Crippen LogP contribution in [0.25, 0.3) is 33.5 Å². The lowest BCUT2D eigenvalue weighted by atomic mass is 9.95. The monoisotopic (exact) mass is 503 g/mol. The molecular weight excluding hydrogens is 476 g/mol. The first-order chi connectivity index (χ1) is 17.8. The molecule has 0 amide bonds. The maximum absolute atomic E-state index is 14.3. The van der Waals surface area contributed by atoms with Crippen LogP contribution in [0.5, 0.6) is 0 Å². The third-order valence-corrected chi connectivity index (χ3v) is 6.64. The second kappa shape index (κ2) is 10.1. The van der Waals surface area contributed by atoms with Gasteiger partial charge in [0.1, 0.15) is 5.82 Å². The fraction of sp³-hybridized carbons (Fsp3) is 0.286. The highest BCUT2D eigenvalue weighted by atomic mass is 19.3. The van der Waals surface area contributed by atoms with Gasteiger partial charge in [-0.05, 0) is 49.5 Å². The van der Waals surface area contributed by atoms with E-state index in [1.807, 2.05) is 29.2 Å². The zero-order valence-electron chi connectivity index (χ0n) is 20.4. The van der Waals surface area contributed by atoms with Crippen LogP contribution < -0.4 is 4.90 Å². The molecule has 1 fully saturated rings. The molecule has 5 rings (SSSR count). The zero-order chi connectivity index (χ0) is 26.0. The van der Waals surface area contributed by atoms with Crippen molar-refractivity contribution in [1.82, 2.24) is 19.9 Å². The Balaban J connectivity index is 1.31. The van der Waals surface area contributed by atoms with Crippen LogP contribution in [-0.4, -0.2) is 44.1 Å². The molecule has 190 valence electrons. The number of aromatic amines is 1. The van der Waals surface area contributed by atoms with Gasteiger partial charge in [-0.25, -0.2) is 15.0 Å². The number of carboxylic acids is 1. The largest absolute Gasteiger partial charge is 0.481 e. The van der Waals surface area contributed by atoms with Crippen molar-refractivity contribution >= 4 is 23.0 Å². The summed E-state index contributed by atoms with van der Waals surface area (Å²) in [6.07, 6.45) is 7.75. The Morgan fingerprint density at radius 3 is 2.57 bits per heavy atom. The van der Waals surface area contributed by atoms with E-state index in [-0.39, 0.29) is 17.9 Å². The van der Waals surface area contributed by atoms with E-state index in [0.29, 0.717) is 29.4 Å². The number of nitrogens with zero attached hydrogens (tertiary/aromatic N) is 4. The summed E-state index contributed by atoms with van der Waals surface area (Å²) in [4.78, 5) is 29.9. The highest BCUT2D eigenvalue weighted by Gasteiger charge is 2.28. The molecule has 2 aromatic carbocycles. The van der Waals surface area contributed by atoms with E-state index < -0.39 is 11.9 Å². The van der Waals surface area contributed by atoms with E-state index in [1.54, 1.807) is 25.4 Å². The molecule has 9 heteroatoms. The summed E-state index contributed by atoms with van der Waals surface area (Å²) >= 11 is 0. The van der Waals surface area contributed by atoms with Crippen molar-refractivity contribution in [2.24, 2.45) is 5.92 Å². The van der Waals surface area contributed by atoms with Crippen molar-refractivity contribution in [1.29, 1.82) is 0 Å². The lowest BCUT2D eigenvalue weighted by molar-refractivity contribution is -0.138. The molecule has 1 atom stereocenters. The second-order valence-corrected chi connectivity index (χ2v) is 9.34. The molecule has 1 aliphatic heterocycles. The SMILES string of the molecule is CC=CC(F)(F)c1ccc2nc(-c3ccc(-c4cnc(N5CCCC(CC(=O)O)C5)nc4)cc3)[nH]c2c1. The number of hydrogen-bond donors (Lipinski definition) is 2. The number of hydrogen-bond acceptors (Lipinski definition) is 5. The number of imidazole rings is 1. The van der Waals surface area contributed by atoms with Gasteiger partial charge in [0.05, 0.1) is 11.0 Å². The highest BCUT2D eigenvalue weighted by molar-refractivity contribution is 5.80. The normalized spacial score (nSPS) is 16.5. The number of alkyl halides is 2. The first kappa shape index (κ1) is 24.5. The van der Waals surface area contributed by atoms with Crippen molar-refractivity contribution in [3.05, 3.63) is 72.6 Å². The fourth-order valence-electron chi connectivity index (χ4n) is 4.77. The van der Waals surface area contributed by atoms with Crippen LogP contribution in [0.3, 0.4) is 0 Å². The Morgan fingerprint density at radius 1 is 1.14 bits per heavy atom. The Labute approximate surface area is 212 Å². The molecule has 0 radical (unpaired) electrons. The summed E-state index contributed by atoms with van der Waals surface area (Å²) in [6.45, 7) is 3.03. The highest BCUT2D eigenvalue weighted by Crippen LogP contribution is 2.32. The second-order valence-electron chi connectivity index (χ2n) is 9.34. The molecule has 0 bridgehead atoms. The number of piperidine rings is 1. The smallest absolute Gasteiger partial charge is 0.303 e. The minimum absolute atomic E-state index is 0.0888. The summed E-state index contributed by atoms with van der Waals surface area (Å²) in [5, 5.41) is 9.09. The molecule has 0 saturated carbocycles. The standard InChI is InChI=1S/C28H27F2N5O2/c1-2-11-28(29,30)22-9-10-23-24(14-22)34-26(33-23)20-7-5-19(6-8-20)21-15-31-27(32-16-21)35-12-3-4-18(17-35)13-25(36)37/h2,5-11,14-16,18H,3-4,12-13,17H2,1H3,(H,33,34)(H,36,37). The van der Waals surface area contributed by atoms with Gasteiger partial charge in [0.15, 0.2) is 0 Å². The van der Waals surface area contributed by atoms with E-state index in [1.165, 1.54) is 18.2 Å². The molecular formula is C28H27F2N5O2. The van der Waals surface area contributed by atoms with Crippen molar-refractivity contribution < 1.29 is 18.7 Å². The maximum atomic E-state index is 14.3. The lowest BCUT2D eigenvalue weighted by Crippen LogP contribution is -2.37. The van der Waals surface area contributed by atoms with Gasteiger partial charge in [0.25, 0.3) is 5.92 Å². The number of benzene rings is 2. The third-order valence-electron chi connectivity index (χ3n) is 6.64. The first-order valence-electron chi connectivity index (χ1n) is 12.2. The number of nitrogens with one attached hydrogen (secondary N) is 1. The number of halogens is 2. The van der Waals surface area contributed by atoms with Gasteiger partial charge in [-0.15, -0.1) is 0 Å². The predicted molar refractivity (Wildman–Crippen MR) is 138 cm³/mol. The fourth-order valence-corrected chi connectivity index (χ4v) is 4.77. The number of carbonyl (C=O) groups is 1. The molecule has 37 heavy (non-hydrogen) atoms. The number of carboxylic acid groups (broad SMARTS) is 1. The van der Waals surface area contributed by atoms with Gasteiger partial charge in [0, 0.05) is 48.6 Å². The van der Waals surface area contributed by atoms with E-state index in [2.05, 4.69) is 19.9 Å². The minimum atomic E-state index is -3.04. The number of aromatic nitrogens is 4. The van der Waals surface area contributed by atoms with Crippen LogP contribution in [-0.2, 0) is 10.7 Å². The first-order valence-corrected chi connectivity index (χ1v) is 12.2. The Morgan fingerprint density at radius 2 is 1.86 bits per heavy atom.